The number of ether oxygens (including phenoxy) is 3. The van der Waals surface area contributed by atoms with Crippen molar-refractivity contribution in [3.63, 3.8) is 0 Å². The van der Waals surface area contributed by atoms with Gasteiger partial charge >= 0.3 is 0 Å². The highest BCUT2D eigenvalue weighted by atomic mass is 79.9. The Bertz CT molecular complexity index is 1160. The lowest BCUT2D eigenvalue weighted by molar-refractivity contribution is 0.174. The number of hydrogen-bond acceptors (Lipinski definition) is 6. The highest BCUT2D eigenvalue weighted by Gasteiger charge is 2.36. The maximum absolute atomic E-state index is 9.79. The van der Waals surface area contributed by atoms with E-state index in [9.17, 15) is 5.26 Å². The van der Waals surface area contributed by atoms with Crippen molar-refractivity contribution in [2.75, 3.05) is 6.79 Å². The lowest BCUT2D eigenvalue weighted by Gasteiger charge is -2.24. The lowest BCUT2D eigenvalue weighted by atomic mass is 9.83. The van der Waals surface area contributed by atoms with Crippen molar-refractivity contribution in [2.24, 2.45) is 5.73 Å². The molecule has 0 saturated carbocycles. The van der Waals surface area contributed by atoms with E-state index in [0.29, 0.717) is 23.0 Å². The van der Waals surface area contributed by atoms with E-state index < -0.39 is 5.92 Å². The maximum atomic E-state index is 9.79. The zero-order chi connectivity index (χ0) is 19.3. The number of nitrogens with zero attached hydrogens (tertiary/aromatic N) is 2. The van der Waals surface area contributed by atoms with Crippen LogP contribution in [0.4, 0.5) is 0 Å². The van der Waals surface area contributed by atoms with Crippen LogP contribution in [0.2, 0.25) is 0 Å². The number of hydrogen-bond donors (Lipinski definition) is 2. The molecule has 3 heterocycles. The SMILES string of the molecule is N#CC1=C(N)Oc2n[nH]c(-c3ccc(Br)cc3)c2C1c1ccc2c(c1)OCO2. The molecule has 0 radical (unpaired) electrons. The first-order valence-corrected chi connectivity index (χ1v) is 9.26. The molecule has 0 saturated heterocycles. The molecule has 3 aromatic rings. The van der Waals surface area contributed by atoms with E-state index in [-0.39, 0.29) is 12.7 Å². The number of aromatic nitrogens is 2. The van der Waals surface area contributed by atoms with Crippen molar-refractivity contribution >= 4 is 15.9 Å². The van der Waals surface area contributed by atoms with Crippen LogP contribution in [-0.2, 0) is 0 Å². The number of fused-ring (bicyclic) bond motifs is 2. The molecule has 0 fully saturated rings. The number of nitrogens with two attached hydrogens (primary N) is 1. The first kappa shape index (κ1) is 16.7. The fourth-order valence-corrected chi connectivity index (χ4v) is 3.77. The van der Waals surface area contributed by atoms with E-state index in [1.54, 1.807) is 0 Å². The van der Waals surface area contributed by atoms with Gasteiger partial charge in [0.25, 0.3) is 0 Å². The Morgan fingerprint density at radius 1 is 1.14 bits per heavy atom. The van der Waals surface area contributed by atoms with E-state index in [1.165, 1.54) is 0 Å². The minimum atomic E-state index is -0.444. The lowest BCUT2D eigenvalue weighted by Crippen LogP contribution is -2.21. The summed E-state index contributed by atoms with van der Waals surface area (Å²) >= 11 is 3.45. The highest BCUT2D eigenvalue weighted by molar-refractivity contribution is 9.10. The molecule has 0 bridgehead atoms. The van der Waals surface area contributed by atoms with Crippen molar-refractivity contribution in [2.45, 2.75) is 5.92 Å². The van der Waals surface area contributed by atoms with Crippen LogP contribution in [-0.4, -0.2) is 17.0 Å². The van der Waals surface area contributed by atoms with Gasteiger partial charge in [0, 0.05) is 10.0 Å². The topological polar surface area (TPSA) is 106 Å². The molecule has 1 unspecified atom stereocenters. The van der Waals surface area contributed by atoms with Gasteiger partial charge in [-0.2, -0.15) is 5.26 Å². The van der Waals surface area contributed by atoms with Crippen LogP contribution in [0.5, 0.6) is 17.4 Å². The molecule has 1 atom stereocenters. The minimum Gasteiger partial charge on any atom is -0.454 e. The summed E-state index contributed by atoms with van der Waals surface area (Å²) in [4.78, 5) is 0. The molecular weight excluding hydrogens is 424 g/mol. The summed E-state index contributed by atoms with van der Waals surface area (Å²) in [6.45, 7) is 0.177. The first-order chi connectivity index (χ1) is 13.7. The Hall–Kier alpha value is -3.44. The smallest absolute Gasteiger partial charge is 0.244 e. The second-order valence-electron chi connectivity index (χ2n) is 6.36. The van der Waals surface area contributed by atoms with Crippen molar-refractivity contribution in [1.29, 1.82) is 5.26 Å². The Balaban J connectivity index is 1.71. The third-order valence-electron chi connectivity index (χ3n) is 4.80. The average molecular weight is 437 g/mol. The van der Waals surface area contributed by atoms with Crippen molar-refractivity contribution in [3.05, 3.63) is 69.5 Å². The van der Waals surface area contributed by atoms with Crippen molar-refractivity contribution in [1.82, 2.24) is 10.2 Å². The summed E-state index contributed by atoms with van der Waals surface area (Å²) in [6.07, 6.45) is 0. The van der Waals surface area contributed by atoms with Gasteiger partial charge < -0.3 is 19.9 Å². The Morgan fingerprint density at radius 2 is 1.93 bits per heavy atom. The van der Waals surface area contributed by atoms with Gasteiger partial charge in [-0.05, 0) is 29.8 Å². The predicted molar refractivity (Wildman–Crippen MR) is 104 cm³/mol. The van der Waals surface area contributed by atoms with Crippen LogP contribution in [0.1, 0.15) is 17.0 Å². The molecule has 7 nitrogen and oxygen atoms in total. The van der Waals surface area contributed by atoms with Gasteiger partial charge in [0.05, 0.1) is 17.2 Å². The van der Waals surface area contributed by atoms with Gasteiger partial charge in [-0.25, -0.2) is 0 Å². The number of rotatable bonds is 2. The van der Waals surface area contributed by atoms with E-state index in [1.807, 2.05) is 42.5 Å². The molecule has 2 aliphatic rings. The zero-order valence-electron chi connectivity index (χ0n) is 14.4. The maximum Gasteiger partial charge on any atom is 0.244 e. The number of benzene rings is 2. The van der Waals surface area contributed by atoms with Gasteiger partial charge in [0.2, 0.25) is 18.6 Å². The second-order valence-corrected chi connectivity index (χ2v) is 7.28. The van der Waals surface area contributed by atoms with Gasteiger partial charge in [0.1, 0.15) is 11.6 Å². The normalized spacial score (nSPS) is 17.1. The third kappa shape index (κ3) is 2.52. The second kappa shape index (κ2) is 6.32. The van der Waals surface area contributed by atoms with E-state index in [4.69, 9.17) is 19.9 Å². The summed E-state index contributed by atoms with van der Waals surface area (Å²) in [5.41, 5.74) is 9.64. The number of nitrogens with one attached hydrogen (secondary N) is 1. The zero-order valence-corrected chi connectivity index (χ0v) is 16.0. The van der Waals surface area contributed by atoms with Crippen LogP contribution >= 0.6 is 15.9 Å². The Labute approximate surface area is 168 Å². The Kier molecular flexibility index (Phi) is 3.77. The molecule has 0 spiro atoms. The number of aromatic amines is 1. The predicted octanol–water partition coefficient (Wildman–Crippen LogP) is 3.79. The van der Waals surface area contributed by atoms with Crippen molar-refractivity contribution < 1.29 is 14.2 Å². The molecule has 138 valence electrons. The number of allylic oxidation sites excluding steroid dienone is 1. The molecule has 1 aromatic heterocycles. The molecule has 2 aliphatic heterocycles. The van der Waals surface area contributed by atoms with Crippen LogP contribution in [0.15, 0.2) is 58.4 Å². The van der Waals surface area contributed by atoms with E-state index in [0.717, 1.165) is 26.9 Å². The highest BCUT2D eigenvalue weighted by Crippen LogP contribution is 2.47. The number of halogens is 1. The fraction of sp³-hybridized carbons (Fsp3) is 0.100. The molecule has 5 rings (SSSR count). The minimum absolute atomic E-state index is 0.0477. The van der Waals surface area contributed by atoms with E-state index >= 15 is 0 Å². The molecule has 0 aliphatic carbocycles. The first-order valence-electron chi connectivity index (χ1n) is 8.47. The number of H-pyrrole nitrogens is 1. The van der Waals surface area contributed by atoms with E-state index in [2.05, 4.69) is 32.2 Å². The summed E-state index contributed by atoms with van der Waals surface area (Å²) in [5.74, 6) is 1.27. The standard InChI is InChI=1S/C20H13BrN4O3/c21-12-4-1-10(2-5-12)18-17-16(11-3-6-14-15(7-11)27-9-26-14)13(8-22)19(23)28-20(17)25-24-18/h1-7,16H,9,23H2,(H,24,25). The molecule has 28 heavy (non-hydrogen) atoms. The van der Waals surface area contributed by atoms with Crippen LogP contribution in [0, 0.1) is 11.3 Å². The molecular formula is C20H13BrN4O3. The van der Waals surface area contributed by atoms with Crippen LogP contribution in [0.3, 0.4) is 0 Å². The third-order valence-corrected chi connectivity index (χ3v) is 5.33. The van der Waals surface area contributed by atoms with Crippen molar-refractivity contribution in [3.8, 4) is 34.7 Å². The van der Waals surface area contributed by atoms with Gasteiger partial charge in [0.15, 0.2) is 11.5 Å². The van der Waals surface area contributed by atoms with Gasteiger partial charge in [-0.1, -0.05) is 34.1 Å². The fourth-order valence-electron chi connectivity index (χ4n) is 3.51. The summed E-state index contributed by atoms with van der Waals surface area (Å²) in [7, 11) is 0. The molecule has 3 N–H and O–H groups in total. The van der Waals surface area contributed by atoms with Gasteiger partial charge in [-0.15, -0.1) is 5.10 Å². The average Bonchev–Trinajstić information content (AvgIpc) is 3.33. The molecule has 0 amide bonds. The summed E-state index contributed by atoms with van der Waals surface area (Å²) in [5, 5.41) is 17.1. The quantitative estimate of drug-likeness (QED) is 0.632. The summed E-state index contributed by atoms with van der Waals surface area (Å²) in [6, 6.07) is 15.6. The largest absolute Gasteiger partial charge is 0.454 e. The molecule has 8 heteroatoms. The monoisotopic (exact) mass is 436 g/mol. The number of nitriles is 1. The molecule has 2 aromatic carbocycles. The van der Waals surface area contributed by atoms with Crippen LogP contribution in [0.25, 0.3) is 11.3 Å². The van der Waals surface area contributed by atoms with Crippen LogP contribution < -0.4 is 19.9 Å². The van der Waals surface area contributed by atoms with Gasteiger partial charge in [-0.3, -0.25) is 5.10 Å². The summed E-state index contributed by atoms with van der Waals surface area (Å²) < 4.78 is 17.5. The Morgan fingerprint density at radius 3 is 2.71 bits per heavy atom.